The average Bonchev–Trinajstić information content (AvgIpc) is 3.38. The molecule has 0 radical (unpaired) electrons. The van der Waals surface area contributed by atoms with Crippen molar-refractivity contribution >= 4 is 23.1 Å². The van der Waals surface area contributed by atoms with Crippen molar-refractivity contribution in [3.63, 3.8) is 0 Å². The number of nitrogens with zero attached hydrogens (tertiary/aromatic N) is 2. The van der Waals surface area contributed by atoms with E-state index in [0.717, 1.165) is 18.9 Å². The highest BCUT2D eigenvalue weighted by Crippen LogP contribution is 2.34. The molecule has 6 nitrogen and oxygen atoms in total. The van der Waals surface area contributed by atoms with Crippen molar-refractivity contribution < 1.29 is 27.1 Å². The van der Waals surface area contributed by atoms with Crippen molar-refractivity contribution in [1.82, 2.24) is 15.5 Å². The minimum Gasteiger partial charge on any atom is -0.484 e. The third kappa shape index (κ3) is 7.59. The van der Waals surface area contributed by atoms with Crippen LogP contribution in [0.25, 0.3) is 5.57 Å². The predicted octanol–water partition coefficient (Wildman–Crippen LogP) is 4.12. The van der Waals surface area contributed by atoms with Gasteiger partial charge in [0.25, 0.3) is 5.91 Å². The number of ether oxygens (including phenoxy) is 1. The van der Waals surface area contributed by atoms with E-state index in [-0.39, 0.29) is 29.2 Å². The number of rotatable bonds is 8. The number of carbonyl (C=O) groups is 1. The van der Waals surface area contributed by atoms with Gasteiger partial charge >= 0.3 is 0 Å². The van der Waals surface area contributed by atoms with E-state index in [1.807, 2.05) is 0 Å². The Kier molecular flexibility index (Phi) is 8.31. The zero-order valence-corrected chi connectivity index (χ0v) is 15.6. The number of aromatic nitrogens is 2. The summed E-state index contributed by atoms with van der Waals surface area (Å²) in [6.07, 6.45) is 1.13. The van der Waals surface area contributed by atoms with Crippen molar-refractivity contribution in [2.24, 2.45) is 5.92 Å². The highest BCUT2D eigenvalue weighted by molar-refractivity contribution is 6.30. The molecule has 1 amide bonds. The maximum Gasteiger partial charge on any atom is 0.257 e. The summed E-state index contributed by atoms with van der Waals surface area (Å²) in [4.78, 5) is 11.6. The highest BCUT2D eigenvalue weighted by Gasteiger charge is 2.30. The molecular weight excluding hydrogens is 399 g/mol. The Morgan fingerprint density at radius 1 is 1.43 bits per heavy atom. The second-order valence-electron chi connectivity index (χ2n) is 5.98. The minimum absolute atomic E-state index is 0.00339. The van der Waals surface area contributed by atoms with Gasteiger partial charge in [-0.3, -0.25) is 4.79 Å². The average molecular weight is 418 g/mol. The summed E-state index contributed by atoms with van der Waals surface area (Å²) < 4.78 is 45.8. The van der Waals surface area contributed by atoms with Crippen molar-refractivity contribution in [2.45, 2.75) is 25.7 Å². The van der Waals surface area contributed by atoms with E-state index in [2.05, 4.69) is 22.1 Å². The van der Waals surface area contributed by atoms with E-state index in [4.69, 9.17) is 20.8 Å². The summed E-state index contributed by atoms with van der Waals surface area (Å²) in [5, 5.41) is 9.88. The third-order valence-electron chi connectivity index (χ3n) is 3.65. The van der Waals surface area contributed by atoms with Crippen LogP contribution in [0.3, 0.4) is 0 Å². The fourth-order valence-corrected chi connectivity index (χ4v) is 2.02. The Hall–Kier alpha value is -2.55. The van der Waals surface area contributed by atoms with Gasteiger partial charge in [0.1, 0.15) is 11.6 Å². The molecule has 1 aliphatic carbocycles. The second kappa shape index (κ2) is 10.7. The quantitative estimate of drug-likeness (QED) is 0.699. The monoisotopic (exact) mass is 417 g/mol. The molecule has 0 aliphatic heterocycles. The zero-order valence-electron chi connectivity index (χ0n) is 14.8. The number of benzene rings is 1. The summed E-state index contributed by atoms with van der Waals surface area (Å²) >= 11 is 5.55. The van der Waals surface area contributed by atoms with Crippen LogP contribution < -0.4 is 10.1 Å². The number of alkyl halides is 2. The van der Waals surface area contributed by atoms with Gasteiger partial charge in [-0.25, -0.2) is 13.2 Å². The molecule has 28 heavy (non-hydrogen) atoms. The molecule has 3 rings (SSSR count). The van der Waals surface area contributed by atoms with Gasteiger partial charge in [0, 0.05) is 24.1 Å². The Labute approximate surface area is 164 Å². The van der Waals surface area contributed by atoms with Gasteiger partial charge in [-0.2, -0.15) is 0 Å². The maximum atomic E-state index is 13.2. The first-order valence-electron chi connectivity index (χ1n) is 8.44. The molecule has 1 aliphatic rings. The van der Waals surface area contributed by atoms with Gasteiger partial charge in [-0.1, -0.05) is 18.2 Å². The Bertz CT molecular complexity index is 784. The minimum atomic E-state index is -2.04. The first kappa shape index (κ1) is 21.7. The number of carbonyl (C=O) groups excluding carboxylic acids is 1. The number of hydrogen-bond donors (Lipinski definition) is 1. The molecule has 10 heteroatoms. The lowest BCUT2D eigenvalue weighted by atomic mass is 10.2. The fraction of sp³-hybridized carbons (Fsp3) is 0.389. The first-order chi connectivity index (χ1) is 13.4. The van der Waals surface area contributed by atoms with Gasteiger partial charge in [0.05, 0.1) is 5.02 Å². The van der Waals surface area contributed by atoms with Gasteiger partial charge in [0.2, 0.25) is 18.7 Å². The number of halogens is 4. The fourth-order valence-electron chi connectivity index (χ4n) is 1.90. The van der Waals surface area contributed by atoms with Crippen LogP contribution >= 0.6 is 11.6 Å². The molecule has 152 valence electrons. The van der Waals surface area contributed by atoms with Gasteiger partial charge in [0.15, 0.2) is 6.61 Å². The molecule has 1 N–H and O–H groups in total. The lowest BCUT2D eigenvalue weighted by Crippen LogP contribution is -2.29. The van der Waals surface area contributed by atoms with Gasteiger partial charge in [-0.05, 0) is 31.4 Å². The maximum absolute atomic E-state index is 13.2. The number of nitrogens with one attached hydrogen (secondary N) is 1. The Morgan fingerprint density at radius 3 is 2.71 bits per heavy atom. The number of hydrogen-bond acceptors (Lipinski definition) is 5. The molecular formula is C18H19ClF3N3O3. The van der Waals surface area contributed by atoms with Crippen molar-refractivity contribution in [2.75, 3.05) is 13.2 Å². The molecule has 0 bridgehead atoms. The molecule has 1 aromatic heterocycles. The van der Waals surface area contributed by atoms with E-state index >= 15 is 0 Å². The predicted molar refractivity (Wildman–Crippen MR) is 96.6 cm³/mol. The normalized spacial score (nSPS) is 12.9. The van der Waals surface area contributed by atoms with Crippen LogP contribution in [0.2, 0.25) is 5.02 Å². The first-order valence-corrected chi connectivity index (χ1v) is 8.81. The molecule has 1 aromatic carbocycles. The molecule has 0 saturated heterocycles. The molecule has 0 atom stereocenters. The van der Waals surface area contributed by atoms with Crippen LogP contribution in [0.1, 0.15) is 25.2 Å². The highest BCUT2D eigenvalue weighted by atomic mass is 35.5. The van der Waals surface area contributed by atoms with Crippen LogP contribution in [0, 0.1) is 11.7 Å². The van der Waals surface area contributed by atoms with E-state index in [1.54, 1.807) is 0 Å². The smallest absolute Gasteiger partial charge is 0.257 e. The Balaban J connectivity index is 0.000000397. The van der Waals surface area contributed by atoms with Crippen LogP contribution in [0.15, 0.2) is 35.6 Å². The lowest BCUT2D eigenvalue weighted by Gasteiger charge is -2.08. The molecule has 2 aromatic rings. The topological polar surface area (TPSA) is 77.2 Å². The molecule has 1 fully saturated rings. The van der Waals surface area contributed by atoms with E-state index in [9.17, 15) is 18.0 Å². The van der Waals surface area contributed by atoms with Crippen molar-refractivity contribution in [3.05, 3.63) is 47.9 Å². The zero-order chi connectivity index (χ0) is 20.5. The number of amides is 1. The van der Waals surface area contributed by atoms with E-state index in [0.29, 0.717) is 24.4 Å². The molecule has 1 saturated carbocycles. The summed E-state index contributed by atoms with van der Waals surface area (Å²) in [6.45, 7) is 3.89. The summed E-state index contributed by atoms with van der Waals surface area (Å²) in [7, 11) is 0. The van der Waals surface area contributed by atoms with Gasteiger partial charge < -0.3 is 14.5 Å². The van der Waals surface area contributed by atoms with Crippen LogP contribution in [-0.2, 0) is 4.79 Å². The van der Waals surface area contributed by atoms with E-state index in [1.165, 1.54) is 18.5 Å². The van der Waals surface area contributed by atoms with Crippen molar-refractivity contribution in [1.29, 1.82) is 0 Å². The summed E-state index contributed by atoms with van der Waals surface area (Å²) in [5.74, 6) is -0.608. The summed E-state index contributed by atoms with van der Waals surface area (Å²) in [5.41, 5.74) is 0.624. The third-order valence-corrected chi connectivity index (χ3v) is 3.96. The SMILES string of the molecule is C=C(CCNC(=O)COc1ccc(Cl)c(F)c1)c1nnco1.FC(F)C1CC1. The van der Waals surface area contributed by atoms with Crippen molar-refractivity contribution in [3.8, 4) is 5.75 Å². The van der Waals surface area contributed by atoms with Crippen LogP contribution in [0.5, 0.6) is 5.75 Å². The van der Waals surface area contributed by atoms with Crippen LogP contribution in [0.4, 0.5) is 13.2 Å². The molecule has 1 heterocycles. The summed E-state index contributed by atoms with van der Waals surface area (Å²) in [6, 6.07) is 3.96. The largest absolute Gasteiger partial charge is 0.484 e. The second-order valence-corrected chi connectivity index (χ2v) is 6.39. The molecule has 0 unspecified atom stereocenters. The lowest BCUT2D eigenvalue weighted by molar-refractivity contribution is -0.123. The van der Waals surface area contributed by atoms with Crippen LogP contribution in [-0.4, -0.2) is 35.7 Å². The van der Waals surface area contributed by atoms with E-state index < -0.39 is 12.2 Å². The molecule has 0 spiro atoms. The standard InChI is InChI=1S/C14H13ClFN3O3.C4H6F2/c1-9(14-19-18-8-22-14)4-5-17-13(20)7-21-10-2-3-11(15)12(16)6-10;5-4(6)3-1-2-3/h2-3,6,8H,1,4-5,7H2,(H,17,20);3-4H,1-2H2. The van der Waals surface area contributed by atoms with Gasteiger partial charge in [-0.15, -0.1) is 10.2 Å². The Morgan fingerprint density at radius 2 is 2.18 bits per heavy atom.